The van der Waals surface area contributed by atoms with E-state index < -0.39 is 6.04 Å². The summed E-state index contributed by atoms with van der Waals surface area (Å²) in [5.74, 6) is 5.54. The average molecular weight is 747 g/mol. The van der Waals surface area contributed by atoms with Crippen LogP contribution >= 0.6 is 0 Å². The van der Waals surface area contributed by atoms with E-state index in [4.69, 9.17) is 10.1 Å². The average Bonchev–Trinajstić information content (AvgIpc) is 3.74. The molecule has 6 heterocycles. The number of fused-ring (bicyclic) bond motifs is 3. The van der Waals surface area contributed by atoms with Gasteiger partial charge < -0.3 is 20.4 Å². The summed E-state index contributed by atoms with van der Waals surface area (Å²) in [6, 6.07) is 16.5. The lowest BCUT2D eigenvalue weighted by Gasteiger charge is -2.30. The molecule has 56 heavy (non-hydrogen) atoms. The van der Waals surface area contributed by atoms with Gasteiger partial charge in [0.25, 0.3) is 11.8 Å². The van der Waals surface area contributed by atoms with Gasteiger partial charge >= 0.3 is 0 Å². The molecule has 12 nitrogen and oxygen atoms in total. The molecule has 0 spiro atoms. The fourth-order valence-corrected chi connectivity index (χ4v) is 8.05. The molecule has 2 N–H and O–H groups in total. The molecule has 3 aromatic heterocycles. The Bertz CT molecular complexity index is 2510. The van der Waals surface area contributed by atoms with Gasteiger partial charge in [-0.1, -0.05) is 50.5 Å². The Morgan fingerprint density at radius 3 is 2.64 bits per heavy atom. The minimum atomic E-state index is -0.531. The lowest BCUT2D eigenvalue weighted by molar-refractivity contribution is -0.133. The standard InChI is InChI=1S/C44H42N8O4/c1-5-30-40-34(6-2)49-52(39(40)25-50(4)43(30)55)37-15-10-13-28-21-36(47-23-32(28)37)29-17-18-35(46-22-29)41(53)45-20-8-7-11-27-12-9-14-31-33(27)24-51(44(31)56)38-19-16-26(3)48-42(38)54/h9-10,12-15,17-18,21-23,30,38H,3,5-6,8,16,19-20,24-25H2,1-2,4H3,(H,45,53)(H,48,54). The zero-order chi connectivity index (χ0) is 39.1. The number of hydrogen-bond donors (Lipinski definition) is 2. The van der Waals surface area contributed by atoms with Gasteiger partial charge in [-0.2, -0.15) is 5.10 Å². The number of carbonyl (C=O) groups is 4. The summed E-state index contributed by atoms with van der Waals surface area (Å²) in [5.41, 5.74) is 8.55. The third kappa shape index (κ3) is 6.49. The van der Waals surface area contributed by atoms with Crippen molar-refractivity contribution in [2.24, 2.45) is 0 Å². The molecule has 3 aliphatic heterocycles. The molecule has 3 aliphatic rings. The molecule has 12 heteroatoms. The van der Waals surface area contributed by atoms with Crippen LogP contribution in [0.4, 0.5) is 0 Å². The van der Waals surface area contributed by atoms with Gasteiger partial charge in [-0.05, 0) is 73.0 Å². The van der Waals surface area contributed by atoms with Crippen molar-refractivity contribution in [3.63, 3.8) is 0 Å². The van der Waals surface area contributed by atoms with Crippen molar-refractivity contribution in [2.45, 2.75) is 71.0 Å². The Morgan fingerprint density at radius 1 is 1.04 bits per heavy atom. The molecule has 1 fully saturated rings. The molecular weight excluding hydrogens is 705 g/mol. The maximum atomic E-state index is 13.2. The molecular formula is C44H42N8O4. The fraction of sp³-hybridized carbons (Fsp3) is 0.295. The number of nitrogens with zero attached hydrogens (tertiary/aromatic N) is 6. The lowest BCUT2D eigenvalue weighted by Crippen LogP contribution is -2.49. The molecule has 1 saturated heterocycles. The van der Waals surface area contributed by atoms with Crippen molar-refractivity contribution < 1.29 is 19.2 Å². The van der Waals surface area contributed by atoms with Crippen LogP contribution in [0, 0.1) is 11.8 Å². The van der Waals surface area contributed by atoms with Crippen molar-refractivity contribution in [2.75, 3.05) is 13.6 Å². The van der Waals surface area contributed by atoms with Gasteiger partial charge in [-0.3, -0.25) is 29.1 Å². The molecule has 0 saturated carbocycles. The topological polar surface area (TPSA) is 142 Å². The van der Waals surface area contributed by atoms with E-state index in [9.17, 15) is 19.2 Å². The SMILES string of the molecule is C=C1CCC(N2Cc3c(C#CCCNC(=O)c4ccc(-c5cc6cccc(-n7nc(CC)c8c7CN(C)C(=O)C8CC)c6cn5)cn4)cccc3C2=O)C(=O)N1. The maximum Gasteiger partial charge on any atom is 0.269 e. The molecule has 5 aromatic rings. The van der Waals surface area contributed by atoms with E-state index in [-0.39, 0.29) is 35.2 Å². The zero-order valence-electron chi connectivity index (χ0n) is 31.7. The summed E-state index contributed by atoms with van der Waals surface area (Å²) in [5, 5.41) is 12.6. The number of amides is 4. The van der Waals surface area contributed by atoms with Crippen molar-refractivity contribution >= 4 is 34.4 Å². The second-order valence-electron chi connectivity index (χ2n) is 14.4. The summed E-state index contributed by atoms with van der Waals surface area (Å²) in [7, 11) is 1.85. The van der Waals surface area contributed by atoms with Crippen LogP contribution < -0.4 is 10.6 Å². The number of piperidine rings is 1. The first-order valence-electron chi connectivity index (χ1n) is 19.1. The van der Waals surface area contributed by atoms with Gasteiger partial charge in [0.05, 0.1) is 35.2 Å². The van der Waals surface area contributed by atoms with Crippen molar-refractivity contribution in [1.82, 2.24) is 40.2 Å². The van der Waals surface area contributed by atoms with Crippen LogP contribution in [0.1, 0.15) is 94.4 Å². The lowest BCUT2D eigenvalue weighted by atomic mass is 9.89. The maximum absolute atomic E-state index is 13.2. The third-order valence-corrected chi connectivity index (χ3v) is 11.0. The monoisotopic (exact) mass is 746 g/mol. The highest BCUT2D eigenvalue weighted by atomic mass is 16.2. The number of likely N-dealkylation sites (N-methyl/N-ethyl adjacent to an activating group) is 1. The number of carbonyl (C=O) groups excluding carboxylic acids is 4. The number of hydrogen-bond acceptors (Lipinski definition) is 7. The number of allylic oxidation sites excluding steroid dienone is 1. The Kier molecular flexibility index (Phi) is 9.68. The van der Waals surface area contributed by atoms with Gasteiger partial charge in [-0.15, -0.1) is 0 Å². The number of aromatic nitrogens is 4. The third-order valence-electron chi connectivity index (χ3n) is 11.0. The molecule has 2 atom stereocenters. The van der Waals surface area contributed by atoms with Crippen LogP contribution in [0.3, 0.4) is 0 Å². The van der Waals surface area contributed by atoms with Crippen LogP contribution in [0.15, 0.2) is 79.3 Å². The highest BCUT2D eigenvalue weighted by Crippen LogP contribution is 2.37. The second kappa shape index (κ2) is 14.9. The van der Waals surface area contributed by atoms with Crippen molar-refractivity contribution in [3.05, 3.63) is 119 Å². The fourth-order valence-electron chi connectivity index (χ4n) is 8.05. The van der Waals surface area contributed by atoms with E-state index >= 15 is 0 Å². The van der Waals surface area contributed by atoms with Crippen LogP contribution in [0.25, 0.3) is 27.7 Å². The zero-order valence-corrected chi connectivity index (χ0v) is 31.7. The summed E-state index contributed by atoms with van der Waals surface area (Å²) >= 11 is 0. The molecule has 4 amide bonds. The molecule has 2 aromatic carbocycles. The summed E-state index contributed by atoms with van der Waals surface area (Å²) in [6.07, 6.45) is 6.54. The van der Waals surface area contributed by atoms with Gasteiger partial charge in [-0.25, -0.2) is 4.68 Å². The number of aryl methyl sites for hydroxylation is 1. The van der Waals surface area contributed by atoms with E-state index in [1.54, 1.807) is 34.2 Å². The summed E-state index contributed by atoms with van der Waals surface area (Å²) < 4.78 is 1.99. The first kappa shape index (κ1) is 36.4. The van der Waals surface area contributed by atoms with Crippen LogP contribution in [-0.4, -0.2) is 72.8 Å². The van der Waals surface area contributed by atoms with E-state index in [1.807, 2.05) is 61.2 Å². The molecule has 0 bridgehead atoms. The van der Waals surface area contributed by atoms with E-state index in [1.165, 1.54) is 0 Å². The number of nitrogens with one attached hydrogen (secondary N) is 2. The van der Waals surface area contributed by atoms with E-state index in [2.05, 4.69) is 41.0 Å². The van der Waals surface area contributed by atoms with Gasteiger partial charge in [0.15, 0.2) is 0 Å². The van der Waals surface area contributed by atoms with E-state index in [0.29, 0.717) is 50.2 Å². The highest BCUT2D eigenvalue weighted by molar-refractivity contribution is 6.02. The Labute approximate surface area is 325 Å². The molecule has 282 valence electrons. The quantitative estimate of drug-likeness (QED) is 0.159. The van der Waals surface area contributed by atoms with Gasteiger partial charge in [0.2, 0.25) is 11.8 Å². The van der Waals surface area contributed by atoms with E-state index in [0.717, 1.165) is 68.6 Å². The first-order chi connectivity index (χ1) is 27.2. The van der Waals surface area contributed by atoms with Gasteiger partial charge in [0.1, 0.15) is 11.7 Å². The molecule has 0 aliphatic carbocycles. The number of benzene rings is 2. The van der Waals surface area contributed by atoms with Crippen LogP contribution in [0.5, 0.6) is 0 Å². The summed E-state index contributed by atoms with van der Waals surface area (Å²) in [4.78, 5) is 64.3. The van der Waals surface area contributed by atoms with Crippen molar-refractivity contribution in [3.8, 4) is 28.8 Å². The smallest absolute Gasteiger partial charge is 0.269 e. The summed E-state index contributed by atoms with van der Waals surface area (Å²) in [6.45, 7) is 9.10. The predicted molar refractivity (Wildman–Crippen MR) is 211 cm³/mol. The minimum Gasteiger partial charge on any atom is -0.350 e. The first-order valence-corrected chi connectivity index (χ1v) is 19.1. The normalized spacial score (nSPS) is 17.7. The number of rotatable bonds is 8. The van der Waals surface area contributed by atoms with Crippen LogP contribution in [0.2, 0.25) is 0 Å². The molecule has 0 radical (unpaired) electrons. The molecule has 8 rings (SSSR count). The van der Waals surface area contributed by atoms with Gasteiger partial charge in [0, 0.05) is 72.3 Å². The second-order valence-corrected chi connectivity index (χ2v) is 14.4. The van der Waals surface area contributed by atoms with Crippen molar-refractivity contribution in [1.29, 1.82) is 0 Å². The number of pyridine rings is 2. The largest absolute Gasteiger partial charge is 0.350 e. The predicted octanol–water partition coefficient (Wildman–Crippen LogP) is 5.43. The Hall–Kier alpha value is -6.61. The molecule has 2 unspecified atom stereocenters. The van der Waals surface area contributed by atoms with Crippen LogP contribution in [-0.2, 0) is 29.1 Å². The Balaban J connectivity index is 0.919. The highest BCUT2D eigenvalue weighted by Gasteiger charge is 2.39. The Morgan fingerprint density at radius 2 is 1.88 bits per heavy atom. The minimum absolute atomic E-state index is 0.140.